The molecule has 5 nitrogen and oxygen atoms in total. The third-order valence-electron chi connectivity index (χ3n) is 8.59. The molecule has 5 heterocycles. The Bertz CT molecular complexity index is 2540. The minimum absolute atomic E-state index is 0. The van der Waals surface area contributed by atoms with Gasteiger partial charge in [0.2, 0.25) is 0 Å². The molecule has 5 aromatic heterocycles. The van der Waals surface area contributed by atoms with Crippen LogP contribution in [0.1, 0.15) is 33.4 Å². The molecule has 3 aromatic carbocycles. The van der Waals surface area contributed by atoms with Crippen molar-refractivity contribution in [3.63, 3.8) is 0 Å². The van der Waals surface area contributed by atoms with E-state index in [-0.39, 0.29) is 26.0 Å². The van der Waals surface area contributed by atoms with Gasteiger partial charge in [-0.05, 0) is 59.1 Å². The molecule has 0 saturated carbocycles. The second-order valence-corrected chi connectivity index (χ2v) is 19.9. The van der Waals surface area contributed by atoms with Gasteiger partial charge in [-0.15, -0.1) is 53.6 Å². The SMILES string of the molecule is Cc1ccc2c(n1)sc1c(-c3nc4ccncc4n3-c3ccccc3)[c-]cc(C)c12.[2H]C([2H])(c1cc(-c2[c-]cccc2)ncc1[Si](C)(C)C)C(C)C.[Ir]. The van der Waals surface area contributed by atoms with Crippen LogP contribution in [0.4, 0.5) is 0 Å². The molecule has 0 unspecified atom stereocenters. The summed E-state index contributed by atoms with van der Waals surface area (Å²) in [6, 6.07) is 34.9. The van der Waals surface area contributed by atoms with Gasteiger partial charge in [-0.25, -0.2) is 4.98 Å². The Labute approximate surface area is 322 Å². The van der Waals surface area contributed by atoms with Crippen molar-refractivity contribution >= 4 is 55.9 Å². The van der Waals surface area contributed by atoms with Gasteiger partial charge in [0.05, 0.1) is 31.1 Å². The molecule has 0 aliphatic rings. The van der Waals surface area contributed by atoms with Crippen molar-refractivity contribution in [2.75, 3.05) is 0 Å². The Hall–Kier alpha value is -4.33. The first kappa shape index (κ1) is 33.8. The molecule has 0 atom stereocenters. The summed E-state index contributed by atoms with van der Waals surface area (Å²) < 4.78 is 20.4. The molecule has 8 rings (SSSR count). The molecule has 1 radical (unpaired) electrons. The van der Waals surface area contributed by atoms with Gasteiger partial charge < -0.3 is 9.55 Å². The van der Waals surface area contributed by atoms with E-state index in [2.05, 4.69) is 83.6 Å². The van der Waals surface area contributed by atoms with E-state index in [4.69, 9.17) is 12.7 Å². The van der Waals surface area contributed by atoms with E-state index >= 15 is 0 Å². The largest absolute Gasteiger partial charge is 0.332 e. The van der Waals surface area contributed by atoms with Crippen LogP contribution in [0.3, 0.4) is 0 Å². The van der Waals surface area contributed by atoms with Crippen LogP contribution < -0.4 is 5.19 Å². The Morgan fingerprint density at radius 3 is 2.43 bits per heavy atom. The van der Waals surface area contributed by atoms with Crippen molar-refractivity contribution in [1.82, 2.24) is 24.5 Å². The Morgan fingerprint density at radius 2 is 1.71 bits per heavy atom. The maximum Gasteiger partial charge on any atom is 0.114 e. The number of thiophene rings is 1. The number of imidazole rings is 1. The summed E-state index contributed by atoms with van der Waals surface area (Å²) in [4.78, 5) is 19.8. The molecule has 0 spiro atoms. The Balaban J connectivity index is 0.000000188. The van der Waals surface area contributed by atoms with Crippen LogP contribution >= 0.6 is 11.3 Å². The maximum atomic E-state index is 8.55. The second-order valence-electron chi connectivity index (χ2n) is 13.9. The van der Waals surface area contributed by atoms with Crippen molar-refractivity contribution < 1.29 is 22.8 Å². The number of aromatic nitrogens is 5. The third-order valence-corrected chi connectivity index (χ3v) is 11.7. The molecule has 0 N–H and O–H groups in total. The number of benzene rings is 3. The van der Waals surface area contributed by atoms with E-state index in [1.165, 1.54) is 21.0 Å². The number of hydrogen-bond donors (Lipinski definition) is 0. The normalized spacial score (nSPS) is 12.4. The topological polar surface area (TPSA) is 56.5 Å². The average molecular weight is 882 g/mol. The fourth-order valence-electron chi connectivity index (χ4n) is 6.24. The quantitative estimate of drug-likeness (QED) is 0.123. The number of nitrogens with zero attached hydrogens (tertiary/aromatic N) is 5. The summed E-state index contributed by atoms with van der Waals surface area (Å²) in [7, 11) is -1.67. The van der Waals surface area contributed by atoms with Gasteiger partial charge >= 0.3 is 0 Å². The fourth-order valence-corrected chi connectivity index (χ4v) is 8.93. The zero-order valence-electron chi connectivity index (χ0n) is 31.9. The molecule has 259 valence electrons. The maximum absolute atomic E-state index is 8.55. The van der Waals surface area contributed by atoms with E-state index in [1.54, 1.807) is 17.5 Å². The predicted molar refractivity (Wildman–Crippen MR) is 213 cm³/mol. The van der Waals surface area contributed by atoms with Crippen LogP contribution in [0.2, 0.25) is 19.6 Å². The molecular formula is C43H41IrN5SSi-2. The number of para-hydroxylation sites is 1. The van der Waals surface area contributed by atoms with E-state index in [0.717, 1.165) is 60.6 Å². The molecule has 51 heavy (non-hydrogen) atoms. The summed E-state index contributed by atoms with van der Waals surface area (Å²) in [5.74, 6) is 0.787. The molecule has 0 amide bonds. The Kier molecular flexibility index (Phi) is 10.0. The van der Waals surface area contributed by atoms with Crippen LogP contribution in [0.25, 0.3) is 59.7 Å². The van der Waals surface area contributed by atoms with E-state index < -0.39 is 14.4 Å². The molecule has 0 saturated heterocycles. The van der Waals surface area contributed by atoms with Gasteiger partial charge in [0.1, 0.15) is 4.83 Å². The van der Waals surface area contributed by atoms with Crippen molar-refractivity contribution in [2.24, 2.45) is 5.92 Å². The third kappa shape index (κ3) is 7.51. The van der Waals surface area contributed by atoms with Crippen LogP contribution in [0.5, 0.6) is 0 Å². The van der Waals surface area contributed by atoms with Crippen molar-refractivity contribution in [3.05, 3.63) is 132 Å². The first-order valence-electron chi connectivity index (χ1n) is 17.9. The van der Waals surface area contributed by atoms with Gasteiger partial charge in [0.25, 0.3) is 0 Å². The van der Waals surface area contributed by atoms with E-state index in [9.17, 15) is 0 Å². The zero-order chi connectivity index (χ0) is 36.8. The second kappa shape index (κ2) is 15.1. The first-order chi connectivity index (χ1) is 24.8. The summed E-state index contributed by atoms with van der Waals surface area (Å²) in [6.45, 7) is 14.7. The monoisotopic (exact) mass is 882 g/mol. The average Bonchev–Trinajstić information content (AvgIpc) is 3.71. The molecule has 8 heteroatoms. The summed E-state index contributed by atoms with van der Waals surface area (Å²) in [6.07, 6.45) is 4.19. The standard InChI is InChI=1S/C25H17N4S.C18H24NSi.Ir/c1-15-8-10-19(23-22(15)18-11-9-16(2)27-25(18)30-23)24-28-20-12-13-26-14-21(20)29(24)17-6-4-3-5-7-17;1-14(2)11-16-12-17(15-9-7-6-8-10-15)19-13-18(16)20(3,4)5;/h3-9,11-14H,1-2H3;6-9,12-14H,11H2,1-5H3;/q2*-1;/i;11D2;. The number of fused-ring (bicyclic) bond motifs is 4. The van der Waals surface area contributed by atoms with Crippen molar-refractivity contribution in [1.29, 1.82) is 0 Å². The van der Waals surface area contributed by atoms with Gasteiger partial charge in [0.15, 0.2) is 0 Å². The van der Waals surface area contributed by atoms with Crippen molar-refractivity contribution in [2.45, 2.75) is 53.7 Å². The number of rotatable bonds is 6. The molecule has 0 aliphatic heterocycles. The predicted octanol–water partition coefficient (Wildman–Crippen LogP) is 10.6. The molecular weight excluding hydrogens is 839 g/mol. The zero-order valence-corrected chi connectivity index (χ0v) is 34.1. The fraction of sp³-hybridized carbons (Fsp3) is 0.209. The summed E-state index contributed by atoms with van der Waals surface area (Å²) in [5, 5.41) is 3.53. The number of hydrogen-bond acceptors (Lipinski definition) is 5. The van der Waals surface area contributed by atoms with Crippen LogP contribution in [-0.2, 0) is 26.5 Å². The van der Waals surface area contributed by atoms with E-state index in [1.807, 2.05) is 87.8 Å². The number of pyridine rings is 3. The molecule has 0 fully saturated rings. The van der Waals surface area contributed by atoms with Gasteiger partial charge in [-0.2, -0.15) is 11.3 Å². The van der Waals surface area contributed by atoms with Crippen LogP contribution in [0, 0.1) is 31.9 Å². The number of aryl methyl sites for hydroxylation is 2. The van der Waals surface area contributed by atoms with Crippen LogP contribution in [-0.4, -0.2) is 32.6 Å². The van der Waals surface area contributed by atoms with Crippen LogP contribution in [0.15, 0.2) is 104 Å². The van der Waals surface area contributed by atoms with Crippen molar-refractivity contribution in [3.8, 4) is 28.3 Å². The minimum Gasteiger partial charge on any atom is -0.332 e. The molecule has 0 bridgehead atoms. The van der Waals surface area contributed by atoms with Gasteiger partial charge in [0, 0.05) is 52.0 Å². The van der Waals surface area contributed by atoms with E-state index in [0.29, 0.717) is 0 Å². The molecule has 0 aliphatic carbocycles. The minimum atomic E-state index is -1.67. The smallest absolute Gasteiger partial charge is 0.114 e. The Morgan fingerprint density at radius 1 is 0.922 bits per heavy atom. The van der Waals surface area contributed by atoms with Gasteiger partial charge in [-0.1, -0.05) is 87.3 Å². The summed E-state index contributed by atoms with van der Waals surface area (Å²) >= 11 is 1.71. The van der Waals surface area contributed by atoms with Gasteiger partial charge in [-0.3, -0.25) is 9.97 Å². The summed E-state index contributed by atoms with van der Waals surface area (Å²) in [5.41, 5.74) is 8.68. The first-order valence-corrected chi connectivity index (χ1v) is 21.2. The molecule has 8 aromatic rings.